The van der Waals surface area contributed by atoms with E-state index in [0.29, 0.717) is 5.89 Å². The number of benzene rings is 10. The molecule has 0 amide bonds. The van der Waals surface area contributed by atoms with Crippen molar-refractivity contribution in [3.05, 3.63) is 212 Å². The SMILES string of the molecule is c1ccc(-c2nc3ccc4c5cc(-c6ccc(N(c7ccc8sc9ccccc9c8c7)c7ccc8c(c7)c7ccccc7n8-c7ccccc7)cc6)ccc5ccc4c3o2)cc1. The zero-order valence-electron chi connectivity index (χ0n) is 33.4. The number of thiophene rings is 1. The van der Waals surface area contributed by atoms with E-state index in [9.17, 15) is 0 Å². The lowest BCUT2D eigenvalue weighted by Crippen LogP contribution is -2.09. The van der Waals surface area contributed by atoms with E-state index >= 15 is 0 Å². The Hall–Kier alpha value is -7.99. The van der Waals surface area contributed by atoms with Crippen molar-refractivity contribution < 1.29 is 4.42 Å². The zero-order chi connectivity index (χ0) is 40.7. The van der Waals surface area contributed by atoms with Gasteiger partial charge in [-0.2, -0.15) is 0 Å². The highest BCUT2D eigenvalue weighted by Crippen LogP contribution is 2.44. The predicted molar refractivity (Wildman–Crippen MR) is 262 cm³/mol. The highest BCUT2D eigenvalue weighted by atomic mass is 32.1. The molecule has 62 heavy (non-hydrogen) atoms. The molecule has 0 radical (unpaired) electrons. The average Bonchev–Trinajstić information content (AvgIpc) is 4.04. The van der Waals surface area contributed by atoms with Crippen LogP contribution in [-0.2, 0) is 0 Å². The Labute approximate surface area is 360 Å². The van der Waals surface area contributed by atoms with Crippen molar-refractivity contribution in [1.82, 2.24) is 9.55 Å². The van der Waals surface area contributed by atoms with Gasteiger partial charge in [0.2, 0.25) is 5.89 Å². The summed E-state index contributed by atoms with van der Waals surface area (Å²) in [6.07, 6.45) is 0. The number of fused-ring (bicyclic) bond motifs is 11. The van der Waals surface area contributed by atoms with Crippen molar-refractivity contribution in [2.45, 2.75) is 0 Å². The number of rotatable bonds is 6. The minimum absolute atomic E-state index is 0.638. The van der Waals surface area contributed by atoms with Gasteiger partial charge in [0.1, 0.15) is 5.52 Å². The van der Waals surface area contributed by atoms with Crippen molar-refractivity contribution in [3.63, 3.8) is 0 Å². The third kappa shape index (κ3) is 5.49. The van der Waals surface area contributed by atoms with Gasteiger partial charge < -0.3 is 13.9 Å². The van der Waals surface area contributed by atoms with Gasteiger partial charge in [-0.3, -0.25) is 0 Å². The van der Waals surface area contributed by atoms with Gasteiger partial charge in [-0.05, 0) is 130 Å². The number of hydrogen-bond donors (Lipinski definition) is 0. The molecule has 0 aliphatic rings. The highest BCUT2D eigenvalue weighted by molar-refractivity contribution is 7.25. The van der Waals surface area contributed by atoms with Gasteiger partial charge in [0.05, 0.1) is 11.0 Å². The fraction of sp³-hybridized carbons (Fsp3) is 0. The average molecular weight is 810 g/mol. The Kier molecular flexibility index (Phi) is 7.74. The first-order valence-electron chi connectivity index (χ1n) is 20.9. The topological polar surface area (TPSA) is 34.2 Å². The van der Waals surface area contributed by atoms with Gasteiger partial charge >= 0.3 is 0 Å². The molecular weight excluding hydrogens is 775 g/mol. The Morgan fingerprint density at radius 3 is 1.90 bits per heavy atom. The summed E-state index contributed by atoms with van der Waals surface area (Å²) in [6.45, 7) is 0. The molecule has 4 nitrogen and oxygen atoms in total. The number of aromatic nitrogens is 2. The van der Waals surface area contributed by atoms with Crippen LogP contribution in [0.1, 0.15) is 0 Å². The lowest BCUT2D eigenvalue weighted by molar-refractivity contribution is 0.623. The molecule has 0 bridgehead atoms. The zero-order valence-corrected chi connectivity index (χ0v) is 34.2. The second-order valence-corrected chi connectivity index (χ2v) is 17.0. The van der Waals surface area contributed by atoms with Crippen LogP contribution in [0.25, 0.3) is 103 Å². The molecule has 3 aromatic heterocycles. The maximum absolute atomic E-state index is 6.43. The van der Waals surface area contributed by atoms with Crippen molar-refractivity contribution in [3.8, 4) is 28.3 Å². The lowest BCUT2D eigenvalue weighted by atomic mass is 9.96. The van der Waals surface area contributed by atoms with E-state index in [1.165, 1.54) is 52.8 Å². The first-order chi connectivity index (χ1) is 30.7. The molecule has 0 spiro atoms. The van der Waals surface area contributed by atoms with Gasteiger partial charge in [-0.1, -0.05) is 109 Å². The van der Waals surface area contributed by atoms with Crippen molar-refractivity contribution in [2.24, 2.45) is 0 Å². The summed E-state index contributed by atoms with van der Waals surface area (Å²) >= 11 is 1.85. The summed E-state index contributed by atoms with van der Waals surface area (Å²) in [5.74, 6) is 0.638. The standard InChI is InChI=1S/C57H35N3OS/c1-3-11-38(12-4-1)57-58-51-30-29-44-47(56(51)61-57)28-23-37-19-20-39(33-48(37)44)36-21-24-41(25-22-36)59(43-27-32-55-50(35-43)46-16-8-10-18-54(46)62-55)42-26-31-53-49(34-42)45-15-7-9-17-52(45)60(53)40-13-5-2-6-14-40/h1-35H. The smallest absolute Gasteiger partial charge is 0.227 e. The third-order valence-corrected chi connectivity index (χ3v) is 13.5. The highest BCUT2D eigenvalue weighted by Gasteiger charge is 2.19. The molecule has 0 atom stereocenters. The van der Waals surface area contributed by atoms with Gasteiger partial charge in [0.15, 0.2) is 5.58 Å². The molecule has 0 aliphatic carbocycles. The van der Waals surface area contributed by atoms with E-state index in [0.717, 1.165) is 61.3 Å². The molecule has 0 unspecified atom stereocenters. The van der Waals surface area contributed by atoms with Gasteiger partial charge in [0, 0.05) is 64.6 Å². The second kappa shape index (κ2) is 13.8. The molecule has 0 saturated heterocycles. The lowest BCUT2D eigenvalue weighted by Gasteiger charge is -2.26. The summed E-state index contributed by atoms with van der Waals surface area (Å²) in [5.41, 5.74) is 11.8. The van der Waals surface area contributed by atoms with Crippen molar-refractivity contribution in [2.75, 3.05) is 4.90 Å². The van der Waals surface area contributed by atoms with Crippen LogP contribution in [0.2, 0.25) is 0 Å². The number of oxazole rings is 1. The number of anilines is 3. The molecule has 0 saturated carbocycles. The van der Waals surface area contributed by atoms with E-state index in [1.54, 1.807) is 0 Å². The van der Waals surface area contributed by atoms with E-state index < -0.39 is 0 Å². The van der Waals surface area contributed by atoms with Crippen molar-refractivity contribution >= 4 is 103 Å². The summed E-state index contributed by atoms with van der Waals surface area (Å²) in [4.78, 5) is 7.25. The molecule has 0 fully saturated rings. The molecule has 10 aromatic carbocycles. The molecule has 5 heteroatoms. The predicted octanol–water partition coefficient (Wildman–Crippen LogP) is 16.4. The molecule has 290 valence electrons. The van der Waals surface area contributed by atoms with E-state index in [2.05, 4.69) is 191 Å². The van der Waals surface area contributed by atoms with E-state index in [1.807, 2.05) is 41.7 Å². The Morgan fingerprint density at radius 2 is 1.05 bits per heavy atom. The minimum atomic E-state index is 0.638. The Morgan fingerprint density at radius 1 is 0.403 bits per heavy atom. The van der Waals surface area contributed by atoms with Crippen LogP contribution >= 0.6 is 11.3 Å². The van der Waals surface area contributed by atoms with Crippen LogP contribution in [0.5, 0.6) is 0 Å². The molecule has 3 heterocycles. The van der Waals surface area contributed by atoms with Crippen LogP contribution in [0.4, 0.5) is 17.1 Å². The summed E-state index contributed by atoms with van der Waals surface area (Å²) in [5, 5.41) is 9.59. The van der Waals surface area contributed by atoms with E-state index in [-0.39, 0.29) is 0 Å². The maximum Gasteiger partial charge on any atom is 0.227 e. The Balaban J connectivity index is 0.945. The summed E-state index contributed by atoms with van der Waals surface area (Å²) in [7, 11) is 0. The second-order valence-electron chi connectivity index (χ2n) is 15.9. The van der Waals surface area contributed by atoms with Crippen molar-refractivity contribution in [1.29, 1.82) is 0 Å². The maximum atomic E-state index is 6.43. The minimum Gasteiger partial charge on any atom is -0.435 e. The summed E-state index contributed by atoms with van der Waals surface area (Å²) < 4.78 is 11.4. The molecule has 13 aromatic rings. The number of nitrogens with zero attached hydrogens (tertiary/aromatic N) is 3. The quantitative estimate of drug-likeness (QED) is 0.157. The fourth-order valence-electron chi connectivity index (χ4n) is 9.46. The first-order valence-corrected chi connectivity index (χ1v) is 21.8. The normalized spacial score (nSPS) is 11.9. The molecule has 13 rings (SSSR count). The van der Waals surface area contributed by atoms with Crippen LogP contribution in [-0.4, -0.2) is 9.55 Å². The summed E-state index contributed by atoms with van der Waals surface area (Å²) in [6, 6.07) is 76.5. The molecule has 0 aliphatic heterocycles. The molecule has 0 N–H and O–H groups in total. The van der Waals surface area contributed by atoms with Crippen LogP contribution in [0, 0.1) is 0 Å². The molecular formula is C57H35N3OS. The fourth-order valence-corrected chi connectivity index (χ4v) is 10.5. The van der Waals surface area contributed by atoms with Gasteiger partial charge in [0.25, 0.3) is 0 Å². The third-order valence-electron chi connectivity index (χ3n) is 12.4. The largest absolute Gasteiger partial charge is 0.435 e. The van der Waals surface area contributed by atoms with Crippen LogP contribution in [0.15, 0.2) is 217 Å². The first kappa shape index (κ1) is 34.8. The Bertz CT molecular complexity index is 3860. The number of hydrogen-bond acceptors (Lipinski definition) is 4. The van der Waals surface area contributed by atoms with Crippen LogP contribution in [0.3, 0.4) is 0 Å². The van der Waals surface area contributed by atoms with Crippen LogP contribution < -0.4 is 4.90 Å². The monoisotopic (exact) mass is 809 g/mol. The number of para-hydroxylation sites is 2. The van der Waals surface area contributed by atoms with Gasteiger partial charge in [-0.15, -0.1) is 11.3 Å². The van der Waals surface area contributed by atoms with E-state index in [4.69, 9.17) is 9.40 Å². The van der Waals surface area contributed by atoms with Gasteiger partial charge in [-0.25, -0.2) is 4.98 Å².